The van der Waals surface area contributed by atoms with Gasteiger partial charge in [0.25, 0.3) is 5.91 Å². The van der Waals surface area contributed by atoms with Gasteiger partial charge in [0.15, 0.2) is 0 Å². The number of aromatic nitrogens is 2. The molecule has 0 aromatic carbocycles. The van der Waals surface area contributed by atoms with Crippen molar-refractivity contribution in [1.29, 1.82) is 0 Å². The third-order valence-corrected chi connectivity index (χ3v) is 7.11. The van der Waals surface area contributed by atoms with Crippen LogP contribution in [0.5, 0.6) is 0 Å². The molecule has 25 heavy (non-hydrogen) atoms. The van der Waals surface area contributed by atoms with Crippen molar-refractivity contribution in [3.8, 4) is 0 Å². The van der Waals surface area contributed by atoms with Crippen molar-refractivity contribution in [2.75, 3.05) is 5.73 Å². The second-order valence-corrected chi connectivity index (χ2v) is 8.85. The Kier molecular flexibility index (Phi) is 3.36. The molecule has 5 aliphatic carbocycles. The molecule has 5 fully saturated rings. The second kappa shape index (κ2) is 5.40. The van der Waals surface area contributed by atoms with Gasteiger partial charge in [-0.15, -0.1) is 0 Å². The van der Waals surface area contributed by atoms with Gasteiger partial charge in [-0.2, -0.15) is 0 Å². The first-order valence-corrected chi connectivity index (χ1v) is 9.66. The van der Waals surface area contributed by atoms with Crippen LogP contribution in [0.1, 0.15) is 73.3 Å². The minimum atomic E-state index is -0.473. The average Bonchev–Trinajstić information content (AvgIpc) is 2.47. The predicted octanol–water partition coefficient (Wildman–Crippen LogP) is 2.00. The molecule has 6 heteroatoms. The first-order valence-electron chi connectivity index (χ1n) is 9.66. The lowest BCUT2D eigenvalue weighted by Gasteiger charge is -2.58. The second-order valence-electron chi connectivity index (χ2n) is 8.85. The van der Waals surface area contributed by atoms with Crippen LogP contribution in [0.15, 0.2) is 6.20 Å². The van der Waals surface area contributed by atoms with Crippen LogP contribution in [0.3, 0.4) is 0 Å². The van der Waals surface area contributed by atoms with Crippen LogP contribution in [0.2, 0.25) is 0 Å². The normalized spacial score (nSPS) is 39.2. The van der Waals surface area contributed by atoms with Gasteiger partial charge in [0.1, 0.15) is 0 Å². The SMILES string of the molecule is Nc1ncc(C(=O)NC2C3CC4CC2CC(O)(C4)C3)c(C2CCC2)n1. The highest BCUT2D eigenvalue weighted by molar-refractivity contribution is 5.95. The summed E-state index contributed by atoms with van der Waals surface area (Å²) in [4.78, 5) is 21.4. The van der Waals surface area contributed by atoms with Crippen molar-refractivity contribution in [3.05, 3.63) is 17.5 Å². The van der Waals surface area contributed by atoms with E-state index in [2.05, 4.69) is 15.3 Å². The molecule has 5 saturated carbocycles. The fourth-order valence-electron chi connectivity index (χ4n) is 6.02. The van der Waals surface area contributed by atoms with Gasteiger partial charge in [0, 0.05) is 18.2 Å². The summed E-state index contributed by atoms with van der Waals surface area (Å²) in [5, 5.41) is 14.0. The number of anilines is 1. The van der Waals surface area contributed by atoms with Crippen LogP contribution >= 0.6 is 0 Å². The number of aliphatic hydroxyl groups is 1. The number of hydrogen-bond donors (Lipinski definition) is 3. The van der Waals surface area contributed by atoms with E-state index in [4.69, 9.17) is 5.73 Å². The monoisotopic (exact) mass is 342 g/mol. The molecule has 0 aliphatic heterocycles. The van der Waals surface area contributed by atoms with Crippen LogP contribution in [0, 0.1) is 17.8 Å². The fraction of sp³-hybridized carbons (Fsp3) is 0.737. The number of nitrogens with two attached hydrogens (primary N) is 1. The third-order valence-electron chi connectivity index (χ3n) is 7.11. The van der Waals surface area contributed by atoms with Crippen LogP contribution in [0.25, 0.3) is 0 Å². The Labute approximate surface area is 147 Å². The Morgan fingerprint density at radius 3 is 2.56 bits per heavy atom. The maximum Gasteiger partial charge on any atom is 0.254 e. The van der Waals surface area contributed by atoms with Crippen LogP contribution < -0.4 is 11.1 Å². The van der Waals surface area contributed by atoms with Gasteiger partial charge in [-0.1, -0.05) is 6.42 Å². The highest BCUT2D eigenvalue weighted by Crippen LogP contribution is 2.55. The molecule has 0 spiro atoms. The molecule has 6 rings (SSSR count). The first kappa shape index (κ1) is 15.6. The van der Waals surface area contributed by atoms with E-state index in [0.717, 1.165) is 50.6 Å². The Hall–Kier alpha value is -1.69. The summed E-state index contributed by atoms with van der Waals surface area (Å²) in [6.07, 6.45) is 9.81. The number of nitrogen functional groups attached to an aromatic ring is 1. The molecule has 6 nitrogen and oxygen atoms in total. The zero-order valence-electron chi connectivity index (χ0n) is 14.4. The Bertz CT molecular complexity index is 701. The van der Waals surface area contributed by atoms with Crippen LogP contribution in [-0.4, -0.2) is 32.6 Å². The van der Waals surface area contributed by atoms with Gasteiger partial charge in [-0.05, 0) is 62.7 Å². The fourth-order valence-corrected chi connectivity index (χ4v) is 6.02. The molecule has 0 radical (unpaired) electrons. The van der Waals surface area contributed by atoms with Crippen LogP contribution in [-0.2, 0) is 0 Å². The molecule has 1 aromatic rings. The Morgan fingerprint density at radius 1 is 1.24 bits per heavy atom. The van der Waals surface area contributed by atoms with E-state index in [-0.39, 0.29) is 17.9 Å². The summed E-state index contributed by atoms with van der Waals surface area (Å²) < 4.78 is 0. The number of hydrogen-bond acceptors (Lipinski definition) is 5. The predicted molar refractivity (Wildman–Crippen MR) is 92.8 cm³/mol. The van der Waals surface area contributed by atoms with Gasteiger partial charge < -0.3 is 16.2 Å². The van der Waals surface area contributed by atoms with E-state index in [9.17, 15) is 9.90 Å². The third kappa shape index (κ3) is 2.53. The topological polar surface area (TPSA) is 101 Å². The molecule has 1 heterocycles. The lowest BCUT2D eigenvalue weighted by molar-refractivity contribution is -0.136. The van der Waals surface area contributed by atoms with E-state index in [0.29, 0.717) is 29.2 Å². The molecule has 5 aliphatic rings. The number of rotatable bonds is 3. The zero-order chi connectivity index (χ0) is 17.2. The van der Waals surface area contributed by atoms with Gasteiger partial charge in [0.2, 0.25) is 5.95 Å². The molecule has 2 atom stereocenters. The highest BCUT2D eigenvalue weighted by Gasteiger charge is 2.55. The van der Waals surface area contributed by atoms with Crippen molar-refractivity contribution in [2.45, 2.75) is 68.9 Å². The minimum absolute atomic E-state index is 0.0636. The highest BCUT2D eigenvalue weighted by atomic mass is 16.3. The molecular weight excluding hydrogens is 316 g/mol. The quantitative estimate of drug-likeness (QED) is 0.780. The van der Waals surface area contributed by atoms with Crippen molar-refractivity contribution >= 4 is 11.9 Å². The molecule has 1 amide bonds. The molecule has 4 bridgehead atoms. The lowest BCUT2D eigenvalue weighted by Crippen LogP contribution is -2.61. The molecule has 4 N–H and O–H groups in total. The smallest absolute Gasteiger partial charge is 0.254 e. The Balaban J connectivity index is 1.38. The summed E-state index contributed by atoms with van der Waals surface area (Å²) in [5.41, 5.74) is 6.69. The largest absolute Gasteiger partial charge is 0.390 e. The summed E-state index contributed by atoms with van der Waals surface area (Å²) >= 11 is 0. The molecule has 134 valence electrons. The summed E-state index contributed by atoms with van der Waals surface area (Å²) in [6, 6.07) is 0.177. The maximum atomic E-state index is 13.0. The average molecular weight is 342 g/mol. The van der Waals surface area contributed by atoms with Gasteiger partial charge >= 0.3 is 0 Å². The van der Waals surface area contributed by atoms with E-state index in [1.54, 1.807) is 6.20 Å². The number of nitrogens with zero attached hydrogens (tertiary/aromatic N) is 2. The van der Waals surface area contributed by atoms with Gasteiger partial charge in [0.05, 0.1) is 16.9 Å². The van der Waals surface area contributed by atoms with Crippen molar-refractivity contribution in [2.24, 2.45) is 17.8 Å². The van der Waals surface area contributed by atoms with Crippen molar-refractivity contribution < 1.29 is 9.90 Å². The molecule has 1 aromatic heterocycles. The first-order chi connectivity index (χ1) is 12.0. The van der Waals surface area contributed by atoms with Crippen molar-refractivity contribution in [1.82, 2.24) is 15.3 Å². The maximum absolute atomic E-state index is 13.0. The van der Waals surface area contributed by atoms with Gasteiger partial charge in [-0.3, -0.25) is 4.79 Å². The van der Waals surface area contributed by atoms with E-state index >= 15 is 0 Å². The zero-order valence-corrected chi connectivity index (χ0v) is 14.4. The number of carbonyl (C=O) groups excluding carboxylic acids is 1. The van der Waals surface area contributed by atoms with E-state index in [1.165, 1.54) is 6.42 Å². The van der Waals surface area contributed by atoms with E-state index < -0.39 is 5.60 Å². The molecule has 2 unspecified atom stereocenters. The van der Waals surface area contributed by atoms with Crippen molar-refractivity contribution in [3.63, 3.8) is 0 Å². The number of carbonyl (C=O) groups is 1. The Morgan fingerprint density at radius 2 is 1.96 bits per heavy atom. The number of amides is 1. The summed E-state index contributed by atoms with van der Waals surface area (Å²) in [5.74, 6) is 1.97. The van der Waals surface area contributed by atoms with E-state index in [1.807, 2.05) is 0 Å². The summed E-state index contributed by atoms with van der Waals surface area (Å²) in [7, 11) is 0. The molecular formula is C19H26N4O2. The lowest BCUT2D eigenvalue weighted by atomic mass is 9.52. The van der Waals surface area contributed by atoms with Gasteiger partial charge in [-0.25, -0.2) is 9.97 Å². The summed E-state index contributed by atoms with van der Waals surface area (Å²) in [6.45, 7) is 0. The standard InChI is InChI=1S/C19H26N4O2/c20-18-21-9-14(16(23-18)11-2-1-3-11)17(24)22-15-12-4-10-5-13(15)8-19(25,6-10)7-12/h9-13,15,25H,1-8H2,(H,22,24)(H2,20,21,23). The molecule has 0 saturated heterocycles. The van der Waals surface area contributed by atoms with Crippen LogP contribution in [0.4, 0.5) is 5.95 Å². The minimum Gasteiger partial charge on any atom is -0.390 e. The number of nitrogens with one attached hydrogen (secondary N) is 1.